The third-order valence-electron chi connectivity index (χ3n) is 3.07. The lowest BCUT2D eigenvalue weighted by Crippen LogP contribution is -2.17. The second-order valence-electron chi connectivity index (χ2n) is 4.48. The van der Waals surface area contributed by atoms with Gasteiger partial charge in [0.2, 0.25) is 0 Å². The van der Waals surface area contributed by atoms with E-state index in [-0.39, 0.29) is 12.1 Å². The molecule has 0 fully saturated rings. The first-order valence-electron chi connectivity index (χ1n) is 6.35. The van der Waals surface area contributed by atoms with Crippen molar-refractivity contribution in [1.29, 1.82) is 0 Å². The van der Waals surface area contributed by atoms with E-state index in [0.717, 1.165) is 16.7 Å². The Hall–Kier alpha value is -1.82. The van der Waals surface area contributed by atoms with E-state index in [4.69, 9.17) is 0 Å². The van der Waals surface area contributed by atoms with E-state index in [0.29, 0.717) is 5.69 Å². The van der Waals surface area contributed by atoms with Crippen LogP contribution in [0.25, 0.3) is 5.69 Å². The molecule has 0 aliphatic rings. The summed E-state index contributed by atoms with van der Waals surface area (Å²) in [4.78, 5) is 0. The molecular weight excluding hydrogens is 267 g/mol. The molecule has 0 atom stereocenters. The van der Waals surface area contributed by atoms with Crippen molar-refractivity contribution < 1.29 is 13.2 Å². The number of nitrogens with one attached hydrogen (secondary N) is 1. The van der Waals surface area contributed by atoms with Crippen LogP contribution in [0.4, 0.5) is 13.2 Å². The molecule has 0 bridgehead atoms. The maximum Gasteiger partial charge on any atom is 0.433 e. The molecule has 0 saturated heterocycles. The number of aryl methyl sites for hydroxylation is 1. The smallest absolute Gasteiger partial charge is 0.316 e. The van der Waals surface area contributed by atoms with Gasteiger partial charge in [-0.3, -0.25) is 0 Å². The van der Waals surface area contributed by atoms with Crippen molar-refractivity contribution in [3.63, 3.8) is 0 Å². The second-order valence-corrected chi connectivity index (χ2v) is 4.48. The number of halogens is 3. The Balaban J connectivity index is 2.50. The van der Waals surface area contributed by atoms with Crippen molar-refractivity contribution >= 4 is 0 Å². The lowest BCUT2D eigenvalue weighted by atomic mass is 10.1. The number of hydrogen-bond donors (Lipinski definition) is 1. The highest BCUT2D eigenvalue weighted by Crippen LogP contribution is 2.33. The Bertz CT molecular complexity index is 570. The normalized spacial score (nSPS) is 11.8. The van der Waals surface area contributed by atoms with Gasteiger partial charge in [-0.15, -0.1) is 0 Å². The molecule has 0 saturated carbocycles. The molecule has 1 aromatic carbocycles. The van der Waals surface area contributed by atoms with Crippen LogP contribution >= 0.6 is 0 Å². The molecule has 20 heavy (non-hydrogen) atoms. The quantitative estimate of drug-likeness (QED) is 0.934. The van der Waals surface area contributed by atoms with Crippen molar-refractivity contribution in [3.8, 4) is 5.69 Å². The molecule has 1 aromatic heterocycles. The lowest BCUT2D eigenvalue weighted by Gasteiger charge is -2.13. The summed E-state index contributed by atoms with van der Waals surface area (Å²) in [6, 6.07) is 6.94. The number of rotatable bonds is 4. The van der Waals surface area contributed by atoms with Crippen molar-refractivity contribution in [1.82, 2.24) is 15.1 Å². The van der Waals surface area contributed by atoms with Crippen LogP contribution in [-0.2, 0) is 19.1 Å². The Kier molecular flexibility index (Phi) is 4.13. The number of nitrogens with zero attached hydrogens (tertiary/aromatic N) is 2. The molecule has 108 valence electrons. The number of aromatic nitrogens is 2. The van der Waals surface area contributed by atoms with Gasteiger partial charge in [-0.2, -0.15) is 18.3 Å². The summed E-state index contributed by atoms with van der Waals surface area (Å²) in [5.74, 6) is 0. The highest BCUT2D eigenvalue weighted by atomic mass is 19.4. The van der Waals surface area contributed by atoms with Gasteiger partial charge in [-0.05, 0) is 31.2 Å². The van der Waals surface area contributed by atoms with Crippen molar-refractivity contribution in [2.75, 3.05) is 7.05 Å². The van der Waals surface area contributed by atoms with E-state index in [2.05, 4.69) is 10.4 Å². The van der Waals surface area contributed by atoms with Crippen LogP contribution in [0.2, 0.25) is 0 Å². The van der Waals surface area contributed by atoms with E-state index in [1.807, 2.05) is 19.1 Å². The fourth-order valence-electron chi connectivity index (χ4n) is 2.07. The Morgan fingerprint density at radius 2 is 1.85 bits per heavy atom. The van der Waals surface area contributed by atoms with Crippen molar-refractivity contribution in [2.24, 2.45) is 0 Å². The molecule has 0 aliphatic heterocycles. The summed E-state index contributed by atoms with van der Waals surface area (Å²) >= 11 is 0. The minimum absolute atomic E-state index is 0.127. The van der Waals surface area contributed by atoms with Gasteiger partial charge < -0.3 is 5.32 Å². The zero-order valence-corrected chi connectivity index (χ0v) is 11.3. The highest BCUT2D eigenvalue weighted by molar-refractivity contribution is 5.38. The first kappa shape index (κ1) is 14.6. The van der Waals surface area contributed by atoms with Crippen LogP contribution in [0.3, 0.4) is 0 Å². The summed E-state index contributed by atoms with van der Waals surface area (Å²) in [6.45, 7) is 2.12. The minimum atomic E-state index is -4.44. The fourth-order valence-corrected chi connectivity index (χ4v) is 2.07. The molecule has 0 unspecified atom stereocenters. The maximum atomic E-state index is 13.2. The van der Waals surface area contributed by atoms with Gasteiger partial charge in [0.25, 0.3) is 0 Å². The first-order chi connectivity index (χ1) is 9.47. The van der Waals surface area contributed by atoms with E-state index >= 15 is 0 Å². The summed E-state index contributed by atoms with van der Waals surface area (Å²) in [5.41, 5.74) is 0.900. The fraction of sp³-hybridized carbons (Fsp3) is 0.357. The Morgan fingerprint density at radius 3 is 2.35 bits per heavy atom. The molecule has 2 rings (SSSR count). The Morgan fingerprint density at radius 1 is 1.20 bits per heavy atom. The molecule has 0 aliphatic carbocycles. The van der Waals surface area contributed by atoms with Gasteiger partial charge >= 0.3 is 6.18 Å². The first-order valence-corrected chi connectivity index (χ1v) is 6.35. The maximum absolute atomic E-state index is 13.2. The van der Waals surface area contributed by atoms with E-state index < -0.39 is 11.9 Å². The average molecular weight is 283 g/mol. The van der Waals surface area contributed by atoms with Gasteiger partial charge in [-0.1, -0.05) is 19.1 Å². The summed E-state index contributed by atoms with van der Waals surface area (Å²) < 4.78 is 40.6. The van der Waals surface area contributed by atoms with E-state index in [9.17, 15) is 13.2 Å². The monoisotopic (exact) mass is 283 g/mol. The van der Waals surface area contributed by atoms with E-state index in [1.165, 1.54) is 6.20 Å². The van der Waals surface area contributed by atoms with Crippen LogP contribution < -0.4 is 5.32 Å². The predicted molar refractivity (Wildman–Crippen MR) is 70.7 cm³/mol. The largest absolute Gasteiger partial charge is 0.433 e. The van der Waals surface area contributed by atoms with Crippen LogP contribution in [0, 0.1) is 0 Å². The van der Waals surface area contributed by atoms with Crippen molar-refractivity contribution in [2.45, 2.75) is 26.1 Å². The van der Waals surface area contributed by atoms with Gasteiger partial charge in [0.1, 0.15) is 0 Å². The molecule has 6 heteroatoms. The topological polar surface area (TPSA) is 29.9 Å². The van der Waals surface area contributed by atoms with Gasteiger partial charge in [0.05, 0.1) is 11.9 Å². The number of alkyl halides is 3. The third-order valence-corrected chi connectivity index (χ3v) is 3.07. The summed E-state index contributed by atoms with van der Waals surface area (Å²) in [5, 5.41) is 6.61. The van der Waals surface area contributed by atoms with Crippen LogP contribution in [-0.4, -0.2) is 16.8 Å². The van der Waals surface area contributed by atoms with Gasteiger partial charge in [-0.25, -0.2) is 4.68 Å². The molecule has 3 nitrogen and oxygen atoms in total. The third kappa shape index (κ3) is 2.85. The zero-order valence-electron chi connectivity index (χ0n) is 11.3. The molecular formula is C14H16F3N3. The van der Waals surface area contributed by atoms with Crippen LogP contribution in [0.1, 0.15) is 23.7 Å². The minimum Gasteiger partial charge on any atom is -0.316 e. The second kappa shape index (κ2) is 5.66. The predicted octanol–water partition coefficient (Wildman–Crippen LogP) is 3.17. The van der Waals surface area contributed by atoms with Crippen LogP contribution in [0.15, 0.2) is 30.5 Å². The zero-order chi connectivity index (χ0) is 14.8. The standard InChI is InChI=1S/C14H16F3N3/c1-3-10-4-6-12(7-5-10)20-13(14(15,16)17)11(8-18-2)9-19-20/h4-7,9,18H,3,8H2,1-2H3. The Labute approximate surface area is 115 Å². The van der Waals surface area contributed by atoms with Gasteiger partial charge in [0, 0.05) is 12.1 Å². The summed E-state index contributed by atoms with van der Waals surface area (Å²) in [7, 11) is 1.60. The summed E-state index contributed by atoms with van der Waals surface area (Å²) in [6.07, 6.45) is -2.34. The molecule has 2 aromatic rings. The lowest BCUT2D eigenvalue weighted by molar-refractivity contribution is -0.143. The van der Waals surface area contributed by atoms with Crippen molar-refractivity contribution in [3.05, 3.63) is 47.3 Å². The van der Waals surface area contributed by atoms with E-state index in [1.54, 1.807) is 19.2 Å². The molecule has 1 N–H and O–H groups in total. The number of hydrogen-bond acceptors (Lipinski definition) is 2. The average Bonchev–Trinajstić information content (AvgIpc) is 2.83. The number of benzene rings is 1. The highest BCUT2D eigenvalue weighted by Gasteiger charge is 2.38. The van der Waals surface area contributed by atoms with Crippen LogP contribution in [0.5, 0.6) is 0 Å². The molecule has 0 spiro atoms. The van der Waals surface area contributed by atoms with Gasteiger partial charge in [0.15, 0.2) is 5.69 Å². The molecule has 0 radical (unpaired) electrons. The SMILES string of the molecule is CCc1ccc(-n2ncc(CNC)c2C(F)(F)F)cc1. The molecule has 1 heterocycles. The molecule has 0 amide bonds.